The van der Waals surface area contributed by atoms with Crippen molar-refractivity contribution in [1.29, 1.82) is 0 Å². The molecular weight excluding hydrogens is 288 g/mol. The summed E-state index contributed by atoms with van der Waals surface area (Å²) >= 11 is 0. The van der Waals surface area contributed by atoms with Crippen LogP contribution in [0.5, 0.6) is 5.75 Å². The second kappa shape index (κ2) is 6.24. The van der Waals surface area contributed by atoms with Gasteiger partial charge in [0.1, 0.15) is 5.75 Å². The van der Waals surface area contributed by atoms with Gasteiger partial charge in [0.2, 0.25) is 5.89 Å². The van der Waals surface area contributed by atoms with E-state index in [9.17, 15) is 0 Å². The Morgan fingerprint density at radius 1 is 0.957 bits per heavy atom. The number of ether oxygens (including phenoxy) is 1. The van der Waals surface area contributed by atoms with E-state index in [4.69, 9.17) is 9.15 Å². The van der Waals surface area contributed by atoms with E-state index >= 15 is 0 Å². The summed E-state index contributed by atoms with van der Waals surface area (Å²) in [6.45, 7) is 8.47. The van der Waals surface area contributed by atoms with Gasteiger partial charge in [0, 0.05) is 5.56 Å². The zero-order valence-electron chi connectivity index (χ0n) is 13.9. The van der Waals surface area contributed by atoms with E-state index in [-0.39, 0.29) is 6.61 Å². The Morgan fingerprint density at radius 3 is 2.52 bits per heavy atom. The molecular formula is C19H20N2O2. The van der Waals surface area contributed by atoms with Crippen LogP contribution in [0.4, 0.5) is 0 Å². The Labute approximate surface area is 136 Å². The van der Waals surface area contributed by atoms with Crippen LogP contribution in [0.25, 0.3) is 11.5 Å². The van der Waals surface area contributed by atoms with Crippen molar-refractivity contribution < 1.29 is 9.15 Å². The molecule has 0 aliphatic rings. The molecule has 0 fully saturated rings. The van der Waals surface area contributed by atoms with Crippen molar-refractivity contribution in [2.24, 2.45) is 0 Å². The number of hydrogen-bond acceptors (Lipinski definition) is 4. The highest BCUT2D eigenvalue weighted by Gasteiger charge is 2.11. The van der Waals surface area contributed by atoms with Gasteiger partial charge < -0.3 is 9.15 Å². The van der Waals surface area contributed by atoms with Crippen molar-refractivity contribution in [2.45, 2.75) is 34.3 Å². The van der Waals surface area contributed by atoms with E-state index < -0.39 is 0 Å². The maximum Gasteiger partial charge on any atom is 0.254 e. The summed E-state index contributed by atoms with van der Waals surface area (Å²) in [6.07, 6.45) is 0. The maximum absolute atomic E-state index is 5.91. The zero-order valence-corrected chi connectivity index (χ0v) is 13.9. The molecule has 0 N–H and O–H groups in total. The number of aromatic nitrogens is 2. The van der Waals surface area contributed by atoms with Gasteiger partial charge in [-0.2, -0.15) is 0 Å². The standard InChI is InChI=1S/C19H20N2O2/c1-12-6-5-7-16(10-12)19-21-20-17(23-19)11-22-18-14(3)9-8-13(2)15(18)4/h5-10H,11H2,1-4H3. The minimum atomic E-state index is 0.268. The van der Waals surface area contributed by atoms with E-state index in [1.807, 2.05) is 38.1 Å². The van der Waals surface area contributed by atoms with Crippen LogP contribution in [-0.2, 0) is 6.61 Å². The average molecular weight is 308 g/mol. The lowest BCUT2D eigenvalue weighted by Crippen LogP contribution is -2.00. The number of rotatable bonds is 4. The van der Waals surface area contributed by atoms with Gasteiger partial charge in [-0.15, -0.1) is 10.2 Å². The number of aryl methyl sites for hydroxylation is 3. The molecule has 0 spiro atoms. The van der Waals surface area contributed by atoms with Crippen molar-refractivity contribution >= 4 is 0 Å². The molecule has 1 heterocycles. The van der Waals surface area contributed by atoms with Crippen molar-refractivity contribution in [1.82, 2.24) is 10.2 Å². The summed E-state index contributed by atoms with van der Waals surface area (Å²) in [5.41, 5.74) is 5.53. The zero-order chi connectivity index (χ0) is 16.4. The second-order valence-corrected chi connectivity index (χ2v) is 5.81. The largest absolute Gasteiger partial charge is 0.483 e. The third-order valence-electron chi connectivity index (χ3n) is 3.95. The third kappa shape index (κ3) is 3.26. The Morgan fingerprint density at radius 2 is 1.74 bits per heavy atom. The van der Waals surface area contributed by atoms with Gasteiger partial charge in [0.15, 0.2) is 6.61 Å². The van der Waals surface area contributed by atoms with Crippen LogP contribution in [0.15, 0.2) is 40.8 Å². The minimum absolute atomic E-state index is 0.268. The molecule has 1 aromatic heterocycles. The molecule has 0 radical (unpaired) electrons. The molecule has 0 aliphatic carbocycles. The molecule has 118 valence electrons. The first-order valence-electron chi connectivity index (χ1n) is 7.63. The number of hydrogen-bond donors (Lipinski definition) is 0. The van der Waals surface area contributed by atoms with Gasteiger partial charge in [-0.25, -0.2) is 0 Å². The average Bonchev–Trinajstić information content (AvgIpc) is 3.00. The number of nitrogens with zero attached hydrogens (tertiary/aromatic N) is 2. The predicted octanol–water partition coefficient (Wildman–Crippen LogP) is 4.55. The Balaban J connectivity index is 1.77. The van der Waals surface area contributed by atoms with Crippen LogP contribution in [0.2, 0.25) is 0 Å². The number of benzene rings is 2. The molecule has 4 heteroatoms. The molecule has 0 saturated heterocycles. The van der Waals surface area contributed by atoms with Gasteiger partial charge >= 0.3 is 0 Å². The van der Waals surface area contributed by atoms with Crippen LogP contribution in [0, 0.1) is 27.7 Å². The molecule has 23 heavy (non-hydrogen) atoms. The topological polar surface area (TPSA) is 48.2 Å². The molecule has 0 unspecified atom stereocenters. The Bertz CT molecular complexity index is 837. The fourth-order valence-electron chi connectivity index (χ4n) is 2.49. The molecule has 0 aliphatic heterocycles. The second-order valence-electron chi connectivity index (χ2n) is 5.81. The van der Waals surface area contributed by atoms with Crippen LogP contribution in [0.3, 0.4) is 0 Å². The Hall–Kier alpha value is -2.62. The minimum Gasteiger partial charge on any atom is -0.483 e. The van der Waals surface area contributed by atoms with Gasteiger partial charge in [-0.3, -0.25) is 0 Å². The summed E-state index contributed by atoms with van der Waals surface area (Å²) in [5.74, 6) is 1.88. The fraction of sp³-hybridized carbons (Fsp3) is 0.263. The Kier molecular flexibility index (Phi) is 4.15. The molecule has 0 amide bonds. The highest BCUT2D eigenvalue weighted by atomic mass is 16.5. The lowest BCUT2D eigenvalue weighted by molar-refractivity contribution is 0.261. The monoisotopic (exact) mass is 308 g/mol. The lowest BCUT2D eigenvalue weighted by Gasteiger charge is -2.12. The van der Waals surface area contributed by atoms with Crippen molar-refractivity contribution in [2.75, 3.05) is 0 Å². The van der Waals surface area contributed by atoms with E-state index in [2.05, 4.69) is 36.2 Å². The summed E-state index contributed by atoms with van der Waals surface area (Å²) in [7, 11) is 0. The smallest absolute Gasteiger partial charge is 0.254 e. The molecule has 3 rings (SSSR count). The van der Waals surface area contributed by atoms with Crippen LogP contribution >= 0.6 is 0 Å². The highest BCUT2D eigenvalue weighted by Crippen LogP contribution is 2.27. The first-order chi connectivity index (χ1) is 11.0. The normalized spacial score (nSPS) is 10.8. The molecule has 4 nitrogen and oxygen atoms in total. The van der Waals surface area contributed by atoms with Crippen LogP contribution in [0.1, 0.15) is 28.1 Å². The summed E-state index contributed by atoms with van der Waals surface area (Å²) in [5, 5.41) is 8.18. The van der Waals surface area contributed by atoms with Crippen molar-refractivity contribution in [3.63, 3.8) is 0 Å². The molecule has 0 saturated carbocycles. The van der Waals surface area contributed by atoms with Crippen molar-refractivity contribution in [3.8, 4) is 17.2 Å². The lowest BCUT2D eigenvalue weighted by atomic mass is 10.1. The molecule has 0 bridgehead atoms. The summed E-state index contributed by atoms with van der Waals surface area (Å²) in [4.78, 5) is 0. The van der Waals surface area contributed by atoms with Gasteiger partial charge in [-0.1, -0.05) is 29.8 Å². The van der Waals surface area contributed by atoms with Gasteiger partial charge in [0.05, 0.1) is 0 Å². The van der Waals surface area contributed by atoms with Gasteiger partial charge in [0.25, 0.3) is 5.89 Å². The van der Waals surface area contributed by atoms with Crippen LogP contribution in [-0.4, -0.2) is 10.2 Å². The van der Waals surface area contributed by atoms with E-state index in [1.165, 1.54) is 5.56 Å². The SMILES string of the molecule is Cc1cccc(-c2nnc(COc3c(C)ccc(C)c3C)o2)c1. The first kappa shape index (κ1) is 15.3. The van der Waals surface area contributed by atoms with E-state index in [1.54, 1.807) is 0 Å². The molecule has 0 atom stereocenters. The fourth-order valence-corrected chi connectivity index (χ4v) is 2.49. The van der Waals surface area contributed by atoms with Gasteiger partial charge in [-0.05, 0) is 56.5 Å². The maximum atomic E-state index is 5.91. The van der Waals surface area contributed by atoms with E-state index in [0.717, 1.165) is 28.0 Å². The summed E-state index contributed by atoms with van der Waals surface area (Å²) < 4.78 is 11.6. The predicted molar refractivity (Wildman–Crippen MR) is 89.5 cm³/mol. The van der Waals surface area contributed by atoms with Crippen LogP contribution < -0.4 is 4.74 Å². The van der Waals surface area contributed by atoms with E-state index in [0.29, 0.717) is 11.8 Å². The molecule has 2 aromatic carbocycles. The quantitative estimate of drug-likeness (QED) is 0.709. The summed E-state index contributed by atoms with van der Waals surface area (Å²) in [6, 6.07) is 12.1. The highest BCUT2D eigenvalue weighted by molar-refractivity contribution is 5.53. The molecule has 3 aromatic rings. The first-order valence-corrected chi connectivity index (χ1v) is 7.63. The third-order valence-corrected chi connectivity index (χ3v) is 3.95. The van der Waals surface area contributed by atoms with Crippen molar-refractivity contribution in [3.05, 3.63) is 64.5 Å².